The van der Waals surface area contributed by atoms with Crippen LogP contribution < -0.4 is 20.3 Å². The van der Waals surface area contributed by atoms with Crippen molar-refractivity contribution >= 4 is 15.7 Å². The molecule has 0 radical (unpaired) electrons. The molecule has 10 heteroatoms. The van der Waals surface area contributed by atoms with E-state index in [-0.39, 0.29) is 23.8 Å². The van der Waals surface area contributed by atoms with E-state index >= 15 is 0 Å². The number of methoxy groups -OCH3 is 1. The summed E-state index contributed by atoms with van der Waals surface area (Å²) in [5, 5.41) is 12.9. The van der Waals surface area contributed by atoms with Crippen LogP contribution in [0.1, 0.15) is 32.3 Å². The van der Waals surface area contributed by atoms with E-state index in [1.165, 1.54) is 31.4 Å². The van der Waals surface area contributed by atoms with E-state index in [1.54, 1.807) is 35.8 Å². The second kappa shape index (κ2) is 13.0. The molecule has 202 valence electrons. The molecular weight excluding hydrogens is 496 g/mol. The van der Waals surface area contributed by atoms with Gasteiger partial charge < -0.3 is 19.5 Å². The fraction of sp³-hybridized carbons (Fsp3) is 0.444. The van der Waals surface area contributed by atoms with Gasteiger partial charge in [-0.3, -0.25) is 10.0 Å². The number of morpholine rings is 1. The molecule has 2 aromatic rings. The van der Waals surface area contributed by atoms with Crippen LogP contribution in [-0.2, 0) is 25.8 Å². The number of benzene rings is 2. The van der Waals surface area contributed by atoms with Gasteiger partial charge in [0.25, 0.3) is 5.91 Å². The van der Waals surface area contributed by atoms with Crippen molar-refractivity contribution in [2.45, 2.75) is 48.9 Å². The smallest absolute Gasteiger partial charge is 0.265 e. The van der Waals surface area contributed by atoms with E-state index in [1.807, 2.05) is 13.8 Å². The third-order valence-electron chi connectivity index (χ3n) is 6.37. The summed E-state index contributed by atoms with van der Waals surface area (Å²) >= 11 is 0. The molecule has 9 nitrogen and oxygen atoms in total. The van der Waals surface area contributed by atoms with Crippen LogP contribution in [0, 0.1) is 0 Å². The van der Waals surface area contributed by atoms with E-state index in [0.29, 0.717) is 30.3 Å². The minimum atomic E-state index is -4.25. The summed E-state index contributed by atoms with van der Waals surface area (Å²) in [5.74, 6) is 0.122. The Morgan fingerprint density at radius 1 is 1.16 bits per heavy atom. The summed E-state index contributed by atoms with van der Waals surface area (Å²) in [6, 6.07) is 12.8. The first-order valence-corrected chi connectivity index (χ1v) is 13.7. The number of nitrogens with one attached hydrogen (secondary N) is 2. The summed E-state index contributed by atoms with van der Waals surface area (Å²) in [6.07, 6.45) is 2.28. The molecule has 3 rings (SSSR count). The van der Waals surface area contributed by atoms with E-state index in [4.69, 9.17) is 14.2 Å². The van der Waals surface area contributed by atoms with Gasteiger partial charge in [0, 0.05) is 25.9 Å². The average Bonchev–Trinajstić information content (AvgIpc) is 2.92. The Morgan fingerprint density at radius 3 is 2.41 bits per heavy atom. The Bertz CT molecular complexity index is 1150. The molecule has 1 aliphatic rings. The third-order valence-corrected chi connectivity index (χ3v) is 8.78. The van der Waals surface area contributed by atoms with Crippen molar-refractivity contribution in [3.05, 3.63) is 65.7 Å². The number of sulfone groups is 1. The van der Waals surface area contributed by atoms with E-state index in [2.05, 4.69) is 5.32 Å². The van der Waals surface area contributed by atoms with Crippen molar-refractivity contribution in [3.8, 4) is 11.5 Å². The lowest BCUT2D eigenvalue weighted by molar-refractivity contribution is -0.131. The van der Waals surface area contributed by atoms with Crippen LogP contribution in [0.25, 0.3) is 0 Å². The zero-order valence-electron chi connectivity index (χ0n) is 21.5. The summed E-state index contributed by atoms with van der Waals surface area (Å²) < 4.78 is 42.6. The minimum absolute atomic E-state index is 0.0431. The number of carbonyl (C=O) groups excluding carboxylic acids is 1. The van der Waals surface area contributed by atoms with Gasteiger partial charge in [-0.05, 0) is 62.2 Å². The Morgan fingerprint density at radius 2 is 1.84 bits per heavy atom. The predicted molar refractivity (Wildman–Crippen MR) is 140 cm³/mol. The summed E-state index contributed by atoms with van der Waals surface area (Å²) in [6.45, 7) is 6.47. The van der Waals surface area contributed by atoms with Gasteiger partial charge in [0.05, 0.1) is 31.3 Å². The standard InChI is InChI=1S/C27H36N2O7S/c1-20(2)12-14-27(26(30)29-31,37(32,33)25-10-8-22(34-3)9-11-25)18-21-4-6-23(7-5-21)35-16-13-24-19-28-15-17-36-24/h4-12,24,28,31H,13-19H2,1-3H3,(H,29,30). The molecule has 0 saturated carbocycles. The predicted octanol–water partition coefficient (Wildman–Crippen LogP) is 3.07. The number of hydrogen-bond acceptors (Lipinski definition) is 8. The Hall–Kier alpha value is -2.92. The summed E-state index contributed by atoms with van der Waals surface area (Å²) in [4.78, 5) is 13.1. The molecule has 0 aromatic heterocycles. The molecule has 0 bridgehead atoms. The third kappa shape index (κ3) is 7.10. The zero-order chi connectivity index (χ0) is 26.9. The Kier molecular flexibility index (Phi) is 10.1. The summed E-state index contributed by atoms with van der Waals surface area (Å²) in [7, 11) is -2.77. The minimum Gasteiger partial charge on any atom is -0.497 e. The number of rotatable bonds is 12. The van der Waals surface area contributed by atoms with Gasteiger partial charge in [-0.25, -0.2) is 13.9 Å². The van der Waals surface area contributed by atoms with Gasteiger partial charge in [0.2, 0.25) is 0 Å². The van der Waals surface area contributed by atoms with Crippen molar-refractivity contribution in [1.82, 2.24) is 10.8 Å². The number of hydroxylamine groups is 1. The maximum atomic E-state index is 13.9. The summed E-state index contributed by atoms with van der Waals surface area (Å²) in [5.41, 5.74) is 3.06. The highest BCUT2D eigenvalue weighted by Gasteiger charge is 2.50. The van der Waals surface area contributed by atoms with Gasteiger partial charge in [-0.2, -0.15) is 0 Å². The van der Waals surface area contributed by atoms with Crippen molar-refractivity contribution in [3.63, 3.8) is 0 Å². The second-order valence-corrected chi connectivity index (χ2v) is 11.5. The van der Waals surface area contributed by atoms with Gasteiger partial charge in [0.15, 0.2) is 14.6 Å². The molecule has 1 fully saturated rings. The van der Waals surface area contributed by atoms with Crippen molar-refractivity contribution in [2.75, 3.05) is 33.4 Å². The highest BCUT2D eigenvalue weighted by molar-refractivity contribution is 7.93. The van der Waals surface area contributed by atoms with Crippen LogP contribution >= 0.6 is 0 Å². The molecule has 0 spiro atoms. The van der Waals surface area contributed by atoms with Crippen LogP contribution in [0.4, 0.5) is 0 Å². The second-order valence-electron chi connectivity index (χ2n) is 9.25. The monoisotopic (exact) mass is 532 g/mol. The van der Waals surface area contributed by atoms with Gasteiger partial charge in [0.1, 0.15) is 11.5 Å². The first-order valence-electron chi connectivity index (χ1n) is 12.2. The first-order chi connectivity index (χ1) is 17.7. The molecule has 1 saturated heterocycles. The van der Waals surface area contributed by atoms with Crippen LogP contribution in [0.3, 0.4) is 0 Å². The van der Waals surface area contributed by atoms with E-state index in [9.17, 15) is 18.4 Å². The van der Waals surface area contributed by atoms with Crippen molar-refractivity contribution in [2.24, 2.45) is 0 Å². The fourth-order valence-electron chi connectivity index (χ4n) is 4.17. The van der Waals surface area contributed by atoms with E-state index in [0.717, 1.165) is 25.1 Å². The number of allylic oxidation sites excluding steroid dienone is 2. The molecular formula is C27H36N2O7S. The topological polar surface area (TPSA) is 123 Å². The molecule has 2 aromatic carbocycles. The number of carbonyl (C=O) groups is 1. The quantitative estimate of drug-likeness (QED) is 0.217. The number of hydrogen-bond donors (Lipinski definition) is 3. The van der Waals surface area contributed by atoms with Crippen LogP contribution in [0.2, 0.25) is 0 Å². The fourth-order valence-corrected chi connectivity index (χ4v) is 6.06. The Balaban J connectivity index is 1.86. The maximum Gasteiger partial charge on any atom is 0.265 e. The molecule has 1 heterocycles. The van der Waals surface area contributed by atoms with Gasteiger partial charge in [-0.1, -0.05) is 23.8 Å². The lowest BCUT2D eigenvalue weighted by Crippen LogP contribution is -2.53. The molecule has 1 amide bonds. The largest absolute Gasteiger partial charge is 0.497 e. The highest BCUT2D eigenvalue weighted by atomic mass is 32.2. The maximum absolute atomic E-state index is 13.9. The molecule has 1 aliphatic heterocycles. The van der Waals surface area contributed by atoms with E-state index < -0.39 is 20.5 Å². The number of amides is 1. The lowest BCUT2D eigenvalue weighted by Gasteiger charge is -2.31. The lowest BCUT2D eigenvalue weighted by atomic mass is 9.93. The number of ether oxygens (including phenoxy) is 3. The molecule has 2 atom stereocenters. The van der Waals surface area contributed by atoms with Gasteiger partial charge >= 0.3 is 0 Å². The zero-order valence-corrected chi connectivity index (χ0v) is 22.3. The molecule has 3 N–H and O–H groups in total. The highest BCUT2D eigenvalue weighted by Crippen LogP contribution is 2.35. The molecule has 0 aliphatic carbocycles. The van der Waals surface area contributed by atoms with Crippen molar-refractivity contribution < 1.29 is 32.6 Å². The SMILES string of the molecule is COc1ccc(S(=O)(=O)C(CC=C(C)C)(Cc2ccc(OCCC3CNCCO3)cc2)C(=O)NO)cc1. The van der Waals surface area contributed by atoms with Crippen molar-refractivity contribution in [1.29, 1.82) is 0 Å². The van der Waals surface area contributed by atoms with Crippen LogP contribution in [0.15, 0.2) is 65.1 Å². The first kappa shape index (κ1) is 28.6. The average molecular weight is 533 g/mol. The van der Waals surface area contributed by atoms with Crippen LogP contribution in [0.5, 0.6) is 11.5 Å². The molecule has 37 heavy (non-hydrogen) atoms. The Labute approximate surface area is 218 Å². The van der Waals surface area contributed by atoms with Gasteiger partial charge in [-0.15, -0.1) is 0 Å². The van der Waals surface area contributed by atoms with Crippen LogP contribution in [-0.4, -0.2) is 63.8 Å². The normalized spacial score (nSPS) is 17.4. The molecule has 2 unspecified atom stereocenters.